The van der Waals surface area contributed by atoms with Gasteiger partial charge in [0.15, 0.2) is 0 Å². The van der Waals surface area contributed by atoms with Gasteiger partial charge in [-0.3, -0.25) is 9.48 Å². The Bertz CT molecular complexity index is 376. The van der Waals surface area contributed by atoms with E-state index in [4.69, 9.17) is 11.6 Å². The first-order chi connectivity index (χ1) is 7.68. The molecule has 1 fully saturated rings. The number of carbonyl (C=O) groups is 1. The number of amides is 1. The second kappa shape index (κ2) is 4.82. The van der Waals surface area contributed by atoms with E-state index in [0.717, 1.165) is 18.5 Å². The molecule has 1 aromatic heterocycles. The molecule has 88 valence electrons. The molecule has 1 saturated carbocycles. The van der Waals surface area contributed by atoms with Gasteiger partial charge in [0, 0.05) is 6.20 Å². The number of nitrogens with one attached hydrogen (secondary N) is 1. The maximum absolute atomic E-state index is 12.4. The van der Waals surface area contributed by atoms with Gasteiger partial charge in [0.1, 0.15) is 0 Å². The van der Waals surface area contributed by atoms with E-state index in [1.165, 1.54) is 6.42 Å². The second-order valence-electron chi connectivity index (χ2n) is 3.87. The number of hydrogen-bond donors (Lipinski definition) is 1. The van der Waals surface area contributed by atoms with E-state index < -0.39 is 11.5 Å². The van der Waals surface area contributed by atoms with E-state index in [0.29, 0.717) is 6.04 Å². The van der Waals surface area contributed by atoms with Gasteiger partial charge >= 0.3 is 0 Å². The predicted octanol–water partition coefficient (Wildman–Crippen LogP) is 1.76. The first-order valence-electron chi connectivity index (χ1n) is 5.26. The lowest BCUT2D eigenvalue weighted by Gasteiger charge is -2.27. The van der Waals surface area contributed by atoms with Crippen molar-refractivity contribution in [1.82, 2.24) is 15.1 Å². The Morgan fingerprint density at radius 3 is 3.06 bits per heavy atom. The Morgan fingerprint density at radius 1 is 1.75 bits per heavy atom. The van der Waals surface area contributed by atoms with Crippen LogP contribution in [0.2, 0.25) is 0 Å². The Hall–Kier alpha value is -1.10. The minimum absolute atomic E-state index is 0.266. The molecule has 16 heavy (non-hydrogen) atoms. The van der Waals surface area contributed by atoms with E-state index in [1.54, 1.807) is 6.20 Å². The molecule has 1 amide bonds. The van der Waals surface area contributed by atoms with Crippen molar-refractivity contribution in [2.45, 2.75) is 37.5 Å². The van der Waals surface area contributed by atoms with Gasteiger partial charge in [-0.2, -0.15) is 5.10 Å². The van der Waals surface area contributed by atoms with Crippen LogP contribution in [0.4, 0.5) is 4.39 Å². The quantitative estimate of drug-likeness (QED) is 0.822. The lowest BCUT2D eigenvalue weighted by molar-refractivity contribution is -0.123. The molecular weight excluding hydrogens is 233 g/mol. The first-order valence-corrected chi connectivity index (χ1v) is 5.70. The van der Waals surface area contributed by atoms with E-state index >= 15 is 0 Å². The summed E-state index contributed by atoms with van der Waals surface area (Å²) >= 11 is 5.01. The third-order valence-corrected chi connectivity index (χ3v) is 3.01. The van der Waals surface area contributed by atoms with Crippen LogP contribution in [-0.2, 0) is 11.3 Å². The molecule has 1 aliphatic carbocycles. The van der Waals surface area contributed by atoms with Crippen molar-refractivity contribution >= 4 is 17.5 Å². The SMILES string of the molecule is O=C(NCc1ccnn1C1CCC1)C(F)Cl. The molecule has 0 aromatic carbocycles. The predicted molar refractivity (Wildman–Crippen MR) is 57.7 cm³/mol. The molecule has 1 heterocycles. The van der Waals surface area contributed by atoms with E-state index in [-0.39, 0.29) is 6.54 Å². The van der Waals surface area contributed by atoms with Crippen LogP contribution in [-0.4, -0.2) is 21.3 Å². The smallest absolute Gasteiger partial charge is 0.270 e. The van der Waals surface area contributed by atoms with Gasteiger partial charge in [-0.05, 0) is 25.3 Å². The normalized spacial score (nSPS) is 17.9. The summed E-state index contributed by atoms with van der Waals surface area (Å²) in [6.07, 6.45) is 5.13. The van der Waals surface area contributed by atoms with Gasteiger partial charge in [-0.1, -0.05) is 11.6 Å². The highest BCUT2D eigenvalue weighted by Crippen LogP contribution is 2.31. The van der Waals surface area contributed by atoms with Crippen LogP contribution in [0.1, 0.15) is 31.0 Å². The fourth-order valence-electron chi connectivity index (χ4n) is 1.70. The number of carbonyl (C=O) groups excluding carboxylic acids is 1. The third-order valence-electron chi connectivity index (χ3n) is 2.81. The molecular formula is C10H13ClFN3O. The molecule has 0 radical (unpaired) electrons. The molecule has 0 aliphatic heterocycles. The summed E-state index contributed by atoms with van der Waals surface area (Å²) in [6, 6.07) is 2.25. The van der Waals surface area contributed by atoms with Gasteiger partial charge < -0.3 is 5.32 Å². The van der Waals surface area contributed by atoms with Crippen LogP contribution in [0, 0.1) is 0 Å². The summed E-state index contributed by atoms with van der Waals surface area (Å²) < 4.78 is 14.3. The maximum atomic E-state index is 12.4. The van der Waals surface area contributed by atoms with Crippen LogP contribution in [0.15, 0.2) is 12.3 Å². The summed E-state index contributed by atoms with van der Waals surface area (Å²) in [5, 5.41) is 6.62. The monoisotopic (exact) mass is 245 g/mol. The zero-order chi connectivity index (χ0) is 11.5. The number of alkyl halides is 2. The Labute approximate surface area is 97.8 Å². The zero-order valence-electron chi connectivity index (χ0n) is 8.70. The third kappa shape index (κ3) is 2.35. The summed E-state index contributed by atoms with van der Waals surface area (Å²) in [7, 11) is 0. The Kier molecular flexibility index (Phi) is 3.43. The molecule has 0 bridgehead atoms. The molecule has 1 unspecified atom stereocenters. The molecule has 6 heteroatoms. The van der Waals surface area contributed by atoms with Gasteiger partial charge in [-0.15, -0.1) is 0 Å². The minimum atomic E-state index is -1.99. The average molecular weight is 246 g/mol. The van der Waals surface area contributed by atoms with Crippen molar-refractivity contribution in [3.8, 4) is 0 Å². The van der Waals surface area contributed by atoms with Crippen LogP contribution in [0.5, 0.6) is 0 Å². The highest BCUT2D eigenvalue weighted by Gasteiger charge is 2.22. The van der Waals surface area contributed by atoms with Crippen molar-refractivity contribution in [2.24, 2.45) is 0 Å². The van der Waals surface area contributed by atoms with Crippen LogP contribution in [0.3, 0.4) is 0 Å². The fraction of sp³-hybridized carbons (Fsp3) is 0.600. The molecule has 1 aliphatic rings. The summed E-state index contributed by atoms with van der Waals surface area (Å²) in [5.41, 5.74) is -1.10. The second-order valence-corrected chi connectivity index (χ2v) is 4.25. The number of halogens is 2. The van der Waals surface area contributed by atoms with Gasteiger partial charge in [0.25, 0.3) is 11.5 Å². The standard InChI is InChI=1S/C10H13ClFN3O/c11-9(12)10(16)13-6-8-4-5-14-15(8)7-2-1-3-7/h4-5,7,9H,1-3,6H2,(H,13,16). The molecule has 4 nitrogen and oxygen atoms in total. The largest absolute Gasteiger partial charge is 0.347 e. The molecule has 0 saturated heterocycles. The van der Waals surface area contributed by atoms with Crippen molar-refractivity contribution in [2.75, 3.05) is 0 Å². The molecule has 1 atom stereocenters. The van der Waals surface area contributed by atoms with Crippen LogP contribution < -0.4 is 5.32 Å². The number of rotatable bonds is 4. The van der Waals surface area contributed by atoms with Crippen molar-refractivity contribution in [3.63, 3.8) is 0 Å². The van der Waals surface area contributed by atoms with Crippen LogP contribution >= 0.6 is 11.6 Å². The van der Waals surface area contributed by atoms with E-state index in [9.17, 15) is 9.18 Å². The lowest BCUT2D eigenvalue weighted by atomic mass is 9.93. The maximum Gasteiger partial charge on any atom is 0.270 e. The minimum Gasteiger partial charge on any atom is -0.347 e. The number of nitrogens with zero attached hydrogens (tertiary/aromatic N) is 2. The molecule has 0 spiro atoms. The first kappa shape index (κ1) is 11.4. The average Bonchev–Trinajstić information content (AvgIpc) is 2.59. The summed E-state index contributed by atoms with van der Waals surface area (Å²) in [6.45, 7) is 0.266. The summed E-state index contributed by atoms with van der Waals surface area (Å²) in [4.78, 5) is 11.0. The molecule has 1 N–H and O–H groups in total. The van der Waals surface area contributed by atoms with Gasteiger partial charge in [0.2, 0.25) is 0 Å². The summed E-state index contributed by atoms with van der Waals surface area (Å²) in [5.74, 6) is -0.803. The highest BCUT2D eigenvalue weighted by molar-refractivity contribution is 6.29. The Balaban J connectivity index is 1.93. The number of aromatic nitrogens is 2. The van der Waals surface area contributed by atoms with Gasteiger partial charge in [-0.25, -0.2) is 4.39 Å². The van der Waals surface area contributed by atoms with Crippen molar-refractivity contribution in [3.05, 3.63) is 18.0 Å². The fourth-order valence-corrected chi connectivity index (χ4v) is 1.77. The van der Waals surface area contributed by atoms with Gasteiger partial charge in [0.05, 0.1) is 18.3 Å². The highest BCUT2D eigenvalue weighted by atomic mass is 35.5. The molecule has 1 aromatic rings. The zero-order valence-corrected chi connectivity index (χ0v) is 9.45. The number of hydrogen-bond acceptors (Lipinski definition) is 2. The van der Waals surface area contributed by atoms with Crippen molar-refractivity contribution in [1.29, 1.82) is 0 Å². The van der Waals surface area contributed by atoms with E-state index in [2.05, 4.69) is 10.4 Å². The Morgan fingerprint density at radius 2 is 2.50 bits per heavy atom. The topological polar surface area (TPSA) is 46.9 Å². The van der Waals surface area contributed by atoms with Crippen molar-refractivity contribution < 1.29 is 9.18 Å². The van der Waals surface area contributed by atoms with Crippen LogP contribution in [0.25, 0.3) is 0 Å². The lowest BCUT2D eigenvalue weighted by Crippen LogP contribution is -2.30. The molecule has 2 rings (SSSR count). The van der Waals surface area contributed by atoms with E-state index in [1.807, 2.05) is 10.7 Å².